The van der Waals surface area contributed by atoms with E-state index in [9.17, 15) is 4.79 Å². The molecule has 0 saturated heterocycles. The lowest BCUT2D eigenvalue weighted by Gasteiger charge is -2.12. The number of amides is 1. The first-order valence-electron chi connectivity index (χ1n) is 6.44. The third kappa shape index (κ3) is 2.73. The quantitative estimate of drug-likeness (QED) is 0.807. The number of carbonyl (C=O) groups excluding carboxylic acids is 1. The highest BCUT2D eigenvalue weighted by atomic mass is 32.1. The number of nitrogens with one attached hydrogen (secondary N) is 1. The number of carbonyl (C=O) groups is 1. The molecule has 21 heavy (non-hydrogen) atoms. The van der Waals surface area contributed by atoms with E-state index in [0.29, 0.717) is 5.69 Å². The van der Waals surface area contributed by atoms with E-state index in [1.807, 2.05) is 50.2 Å². The molecule has 0 aliphatic rings. The smallest absolute Gasteiger partial charge is 0.275 e. The largest absolute Gasteiger partial charge is 0.378 e. The SMILES string of the molecule is Cc1nn2cc(C(=O)Nc3ccc(N(C)C)cc3)nc2s1. The zero-order chi connectivity index (χ0) is 15.0. The molecule has 108 valence electrons. The molecule has 0 radical (unpaired) electrons. The Morgan fingerprint density at radius 1 is 1.29 bits per heavy atom. The van der Waals surface area contributed by atoms with Gasteiger partial charge in [-0.3, -0.25) is 4.79 Å². The van der Waals surface area contributed by atoms with E-state index in [1.165, 1.54) is 11.3 Å². The van der Waals surface area contributed by atoms with Crippen LogP contribution in [0.2, 0.25) is 0 Å². The average molecular weight is 301 g/mol. The zero-order valence-corrected chi connectivity index (χ0v) is 12.8. The maximum absolute atomic E-state index is 12.2. The number of aromatic nitrogens is 3. The van der Waals surface area contributed by atoms with Gasteiger partial charge in [-0.15, -0.1) is 0 Å². The monoisotopic (exact) mass is 301 g/mol. The number of hydrogen-bond acceptors (Lipinski definition) is 5. The molecule has 2 heterocycles. The van der Waals surface area contributed by atoms with Crippen molar-refractivity contribution < 1.29 is 4.79 Å². The number of rotatable bonds is 3. The van der Waals surface area contributed by atoms with E-state index >= 15 is 0 Å². The Bertz CT molecular complexity index is 756. The topological polar surface area (TPSA) is 62.5 Å². The Morgan fingerprint density at radius 3 is 2.62 bits per heavy atom. The summed E-state index contributed by atoms with van der Waals surface area (Å²) in [5.74, 6) is -0.233. The Kier molecular flexibility index (Phi) is 3.34. The summed E-state index contributed by atoms with van der Waals surface area (Å²) in [7, 11) is 3.95. The van der Waals surface area contributed by atoms with Crippen LogP contribution >= 0.6 is 11.3 Å². The fourth-order valence-corrected chi connectivity index (χ4v) is 2.67. The fraction of sp³-hybridized carbons (Fsp3) is 0.214. The van der Waals surface area contributed by atoms with Crippen LogP contribution in [0.25, 0.3) is 4.96 Å². The predicted molar refractivity (Wildman–Crippen MR) is 84.3 cm³/mol. The van der Waals surface area contributed by atoms with Crippen LogP contribution in [0.3, 0.4) is 0 Å². The van der Waals surface area contributed by atoms with Crippen LogP contribution in [0.1, 0.15) is 15.5 Å². The lowest BCUT2D eigenvalue weighted by atomic mass is 10.2. The molecule has 0 spiro atoms. The third-order valence-electron chi connectivity index (χ3n) is 3.02. The first-order valence-corrected chi connectivity index (χ1v) is 7.26. The first kappa shape index (κ1) is 13.6. The minimum atomic E-state index is -0.233. The van der Waals surface area contributed by atoms with Gasteiger partial charge in [-0.05, 0) is 31.2 Å². The molecule has 0 saturated carbocycles. The molecule has 6 nitrogen and oxygen atoms in total. The average Bonchev–Trinajstić information content (AvgIpc) is 2.96. The van der Waals surface area contributed by atoms with Crippen molar-refractivity contribution in [3.8, 4) is 0 Å². The van der Waals surface area contributed by atoms with Gasteiger partial charge in [-0.25, -0.2) is 9.50 Å². The van der Waals surface area contributed by atoms with Gasteiger partial charge in [0.2, 0.25) is 4.96 Å². The van der Waals surface area contributed by atoms with E-state index in [1.54, 1.807) is 10.7 Å². The minimum absolute atomic E-state index is 0.233. The van der Waals surface area contributed by atoms with E-state index in [0.717, 1.165) is 21.3 Å². The van der Waals surface area contributed by atoms with Crippen molar-refractivity contribution in [1.29, 1.82) is 0 Å². The summed E-state index contributed by atoms with van der Waals surface area (Å²) in [6.45, 7) is 1.91. The molecule has 0 aliphatic carbocycles. The van der Waals surface area contributed by atoms with Crippen molar-refractivity contribution >= 4 is 33.6 Å². The van der Waals surface area contributed by atoms with Gasteiger partial charge < -0.3 is 10.2 Å². The van der Waals surface area contributed by atoms with Gasteiger partial charge in [0.15, 0.2) is 0 Å². The van der Waals surface area contributed by atoms with Crippen LogP contribution in [-0.2, 0) is 0 Å². The molecular formula is C14H15N5OS. The number of anilines is 2. The van der Waals surface area contributed by atoms with Crippen LogP contribution in [0.15, 0.2) is 30.5 Å². The summed E-state index contributed by atoms with van der Waals surface area (Å²) >= 11 is 1.46. The highest BCUT2D eigenvalue weighted by Gasteiger charge is 2.13. The van der Waals surface area contributed by atoms with Crippen LogP contribution in [-0.4, -0.2) is 34.6 Å². The second-order valence-corrected chi connectivity index (χ2v) is 6.03. The van der Waals surface area contributed by atoms with Crippen molar-refractivity contribution in [2.45, 2.75) is 6.92 Å². The van der Waals surface area contributed by atoms with Gasteiger partial charge in [-0.1, -0.05) is 11.3 Å². The summed E-state index contributed by atoms with van der Waals surface area (Å²) in [6.07, 6.45) is 1.64. The highest BCUT2D eigenvalue weighted by Crippen LogP contribution is 2.17. The molecule has 0 aliphatic heterocycles. The van der Waals surface area contributed by atoms with Gasteiger partial charge in [0.1, 0.15) is 10.7 Å². The summed E-state index contributed by atoms with van der Waals surface area (Å²) < 4.78 is 1.63. The Labute approximate surface area is 126 Å². The molecule has 3 aromatic rings. The van der Waals surface area contributed by atoms with Gasteiger partial charge in [0.25, 0.3) is 5.91 Å². The van der Waals surface area contributed by atoms with Gasteiger partial charge in [0.05, 0.1) is 6.20 Å². The number of nitrogens with zero attached hydrogens (tertiary/aromatic N) is 4. The number of aryl methyl sites for hydroxylation is 1. The Balaban J connectivity index is 1.77. The van der Waals surface area contributed by atoms with Crippen molar-refractivity contribution in [2.24, 2.45) is 0 Å². The molecular weight excluding hydrogens is 286 g/mol. The van der Waals surface area contributed by atoms with E-state index in [4.69, 9.17) is 0 Å². The lowest BCUT2D eigenvalue weighted by molar-refractivity contribution is 0.102. The third-order valence-corrected chi connectivity index (χ3v) is 3.86. The van der Waals surface area contributed by atoms with Gasteiger partial charge >= 0.3 is 0 Å². The molecule has 0 bridgehead atoms. The standard InChI is InChI=1S/C14H15N5OS/c1-9-17-19-8-12(16-14(19)21-9)13(20)15-10-4-6-11(7-5-10)18(2)3/h4-8H,1-3H3,(H,15,20). The summed E-state index contributed by atoms with van der Waals surface area (Å²) in [6, 6.07) is 7.64. The number of fused-ring (bicyclic) bond motifs is 1. The normalized spacial score (nSPS) is 10.8. The van der Waals surface area contributed by atoms with Gasteiger partial charge in [0, 0.05) is 25.5 Å². The van der Waals surface area contributed by atoms with Crippen molar-refractivity contribution in [1.82, 2.24) is 14.6 Å². The Hall–Kier alpha value is -2.41. The second kappa shape index (κ2) is 5.17. The molecule has 1 amide bonds. The molecule has 7 heteroatoms. The van der Waals surface area contributed by atoms with E-state index in [-0.39, 0.29) is 5.91 Å². The summed E-state index contributed by atoms with van der Waals surface area (Å²) in [5, 5.41) is 7.99. The molecule has 0 fully saturated rings. The first-order chi connectivity index (χ1) is 10.0. The van der Waals surface area contributed by atoms with Crippen LogP contribution in [0.5, 0.6) is 0 Å². The van der Waals surface area contributed by atoms with Gasteiger partial charge in [-0.2, -0.15) is 5.10 Å². The number of benzene rings is 1. The second-order valence-electron chi connectivity index (χ2n) is 4.87. The lowest BCUT2D eigenvalue weighted by Crippen LogP contribution is -2.13. The number of hydrogen-bond donors (Lipinski definition) is 1. The molecule has 1 N–H and O–H groups in total. The Morgan fingerprint density at radius 2 is 2.00 bits per heavy atom. The zero-order valence-electron chi connectivity index (χ0n) is 12.0. The predicted octanol–water partition coefficient (Wildman–Crippen LogP) is 2.42. The highest BCUT2D eigenvalue weighted by molar-refractivity contribution is 7.16. The van der Waals surface area contributed by atoms with Crippen molar-refractivity contribution in [3.63, 3.8) is 0 Å². The van der Waals surface area contributed by atoms with E-state index < -0.39 is 0 Å². The molecule has 1 aromatic carbocycles. The van der Waals surface area contributed by atoms with Crippen LogP contribution in [0, 0.1) is 6.92 Å². The molecule has 3 rings (SSSR count). The van der Waals surface area contributed by atoms with Crippen LogP contribution < -0.4 is 10.2 Å². The minimum Gasteiger partial charge on any atom is -0.378 e. The fourth-order valence-electron chi connectivity index (χ4n) is 1.95. The molecule has 0 unspecified atom stereocenters. The summed E-state index contributed by atoms with van der Waals surface area (Å²) in [5.41, 5.74) is 2.19. The van der Waals surface area contributed by atoms with Crippen molar-refractivity contribution in [2.75, 3.05) is 24.3 Å². The van der Waals surface area contributed by atoms with Crippen molar-refractivity contribution in [3.05, 3.63) is 41.2 Å². The maximum atomic E-state index is 12.2. The van der Waals surface area contributed by atoms with E-state index in [2.05, 4.69) is 15.4 Å². The maximum Gasteiger partial charge on any atom is 0.275 e. The molecule has 2 aromatic heterocycles. The van der Waals surface area contributed by atoms with Crippen LogP contribution in [0.4, 0.5) is 11.4 Å². The molecule has 0 atom stereocenters. The summed E-state index contributed by atoms with van der Waals surface area (Å²) in [4.78, 5) is 19.2. The number of imidazole rings is 1.